The smallest absolute Gasteiger partial charge is 0.0988 e. The van der Waals surface area contributed by atoms with Crippen molar-refractivity contribution in [1.29, 1.82) is 5.26 Å². The highest BCUT2D eigenvalue weighted by atomic mass is 14.9. The van der Waals surface area contributed by atoms with Crippen LogP contribution in [-0.4, -0.2) is 6.54 Å². The summed E-state index contributed by atoms with van der Waals surface area (Å²) in [6.45, 7) is 3.10. The molecule has 1 rings (SSSR count). The lowest BCUT2D eigenvalue weighted by atomic mass is 10.1. The van der Waals surface area contributed by atoms with Gasteiger partial charge in [-0.3, -0.25) is 0 Å². The van der Waals surface area contributed by atoms with Crippen LogP contribution in [-0.2, 0) is 0 Å². The first-order chi connectivity index (χ1) is 6.36. The second-order valence-electron chi connectivity index (χ2n) is 3.23. The van der Waals surface area contributed by atoms with Crippen molar-refractivity contribution < 1.29 is 0 Å². The Bertz CT molecular complexity index is 248. The third-order valence-electron chi connectivity index (χ3n) is 2.11. The maximum atomic E-state index is 8.80. The van der Waals surface area contributed by atoms with Crippen molar-refractivity contribution in [2.45, 2.75) is 32.6 Å². The highest BCUT2D eigenvalue weighted by molar-refractivity contribution is 5.35. The van der Waals surface area contributed by atoms with Gasteiger partial charge in [0.05, 0.1) is 6.07 Å². The summed E-state index contributed by atoms with van der Waals surface area (Å²) in [6.07, 6.45) is 8.43. The van der Waals surface area contributed by atoms with Crippen LogP contribution in [0.15, 0.2) is 23.4 Å². The van der Waals surface area contributed by atoms with Crippen LogP contribution in [0, 0.1) is 11.3 Å². The molecule has 0 aromatic rings. The van der Waals surface area contributed by atoms with Crippen molar-refractivity contribution >= 4 is 0 Å². The van der Waals surface area contributed by atoms with Gasteiger partial charge in [0.1, 0.15) is 0 Å². The highest BCUT2D eigenvalue weighted by Crippen LogP contribution is 2.12. The zero-order chi connectivity index (χ0) is 9.52. The second-order valence-corrected chi connectivity index (χ2v) is 3.23. The molecular weight excluding hydrogens is 160 g/mol. The summed E-state index contributed by atoms with van der Waals surface area (Å²) in [4.78, 5) is 0. The van der Waals surface area contributed by atoms with E-state index >= 15 is 0 Å². The quantitative estimate of drug-likeness (QED) is 0.656. The van der Waals surface area contributed by atoms with Crippen LogP contribution in [0.2, 0.25) is 0 Å². The van der Waals surface area contributed by atoms with Gasteiger partial charge in [-0.15, -0.1) is 0 Å². The molecule has 1 aliphatic rings. The second kappa shape index (κ2) is 5.42. The van der Waals surface area contributed by atoms with E-state index in [0.29, 0.717) is 0 Å². The Kier molecular flexibility index (Phi) is 4.11. The van der Waals surface area contributed by atoms with Crippen molar-refractivity contribution in [3.05, 3.63) is 23.4 Å². The third kappa shape index (κ3) is 3.33. The van der Waals surface area contributed by atoms with E-state index in [-0.39, 0.29) is 0 Å². The summed E-state index contributed by atoms with van der Waals surface area (Å²) in [7, 11) is 0. The lowest BCUT2D eigenvalue weighted by molar-refractivity contribution is 0.587. The van der Waals surface area contributed by atoms with Gasteiger partial charge in [0, 0.05) is 17.8 Å². The summed E-state index contributed by atoms with van der Waals surface area (Å²) < 4.78 is 0. The first-order valence-corrected chi connectivity index (χ1v) is 4.91. The van der Waals surface area contributed by atoms with Crippen molar-refractivity contribution in [1.82, 2.24) is 5.32 Å². The van der Waals surface area contributed by atoms with Gasteiger partial charge in [0.2, 0.25) is 0 Å². The zero-order valence-electron chi connectivity index (χ0n) is 8.14. The third-order valence-corrected chi connectivity index (χ3v) is 2.11. The normalized spacial score (nSPS) is 20.9. The molecule has 1 N–H and O–H groups in total. The number of nitrogens with zero attached hydrogens (tertiary/aromatic N) is 1. The molecule has 0 aromatic heterocycles. The topological polar surface area (TPSA) is 35.8 Å². The summed E-state index contributed by atoms with van der Waals surface area (Å²) in [5.41, 5.74) is 2.00. The molecule has 0 atom stereocenters. The molecule has 70 valence electrons. The zero-order valence-corrected chi connectivity index (χ0v) is 8.14. The van der Waals surface area contributed by atoms with Gasteiger partial charge in [0.15, 0.2) is 0 Å². The van der Waals surface area contributed by atoms with Gasteiger partial charge < -0.3 is 5.32 Å². The lowest BCUT2D eigenvalue weighted by Crippen LogP contribution is -2.19. The molecular formula is C11H16N2. The Morgan fingerprint density at radius 3 is 3.00 bits per heavy atom. The molecule has 0 spiro atoms. The first-order valence-electron chi connectivity index (χ1n) is 4.91. The molecule has 0 radical (unpaired) electrons. The Labute approximate surface area is 79.9 Å². The molecule has 0 bridgehead atoms. The van der Waals surface area contributed by atoms with Crippen LogP contribution in [0.4, 0.5) is 0 Å². The lowest BCUT2D eigenvalue weighted by Gasteiger charge is -2.16. The Morgan fingerprint density at radius 1 is 1.62 bits per heavy atom. The predicted octanol–water partition coefficient (Wildman–Crippen LogP) is 2.50. The van der Waals surface area contributed by atoms with E-state index in [1.54, 1.807) is 0 Å². The maximum absolute atomic E-state index is 8.80. The number of rotatable bonds is 2. The van der Waals surface area contributed by atoms with Crippen molar-refractivity contribution in [3.63, 3.8) is 0 Å². The van der Waals surface area contributed by atoms with E-state index in [9.17, 15) is 0 Å². The molecule has 1 heterocycles. The molecule has 0 unspecified atom stereocenters. The fourth-order valence-corrected chi connectivity index (χ4v) is 1.45. The van der Waals surface area contributed by atoms with Crippen LogP contribution in [0.25, 0.3) is 0 Å². The van der Waals surface area contributed by atoms with E-state index in [2.05, 4.69) is 11.4 Å². The van der Waals surface area contributed by atoms with E-state index in [4.69, 9.17) is 5.26 Å². The van der Waals surface area contributed by atoms with Gasteiger partial charge in [-0.05, 0) is 31.8 Å². The van der Waals surface area contributed by atoms with Crippen LogP contribution < -0.4 is 5.32 Å². The van der Waals surface area contributed by atoms with Crippen LogP contribution in [0.5, 0.6) is 0 Å². The summed E-state index contributed by atoms with van der Waals surface area (Å²) in [5, 5.41) is 12.1. The van der Waals surface area contributed by atoms with Gasteiger partial charge >= 0.3 is 0 Å². The van der Waals surface area contributed by atoms with E-state index in [1.165, 1.54) is 18.5 Å². The molecule has 2 heteroatoms. The average Bonchev–Trinajstić information content (AvgIpc) is 2.19. The van der Waals surface area contributed by atoms with E-state index < -0.39 is 0 Å². The van der Waals surface area contributed by atoms with E-state index in [0.717, 1.165) is 25.0 Å². The van der Waals surface area contributed by atoms with Crippen molar-refractivity contribution in [2.24, 2.45) is 0 Å². The molecule has 2 nitrogen and oxygen atoms in total. The molecule has 0 saturated carbocycles. The molecule has 1 saturated heterocycles. The van der Waals surface area contributed by atoms with Crippen LogP contribution in [0.1, 0.15) is 32.6 Å². The predicted molar refractivity (Wildman–Crippen MR) is 53.9 cm³/mol. The fraction of sp³-hybridized carbons (Fsp3) is 0.545. The summed E-state index contributed by atoms with van der Waals surface area (Å²) >= 11 is 0. The molecule has 0 aromatic carbocycles. The molecule has 1 fully saturated rings. The van der Waals surface area contributed by atoms with Gasteiger partial charge in [-0.1, -0.05) is 13.0 Å². The average molecular weight is 176 g/mol. The monoisotopic (exact) mass is 176 g/mol. The Hall–Kier alpha value is -1.23. The molecule has 0 aliphatic carbocycles. The highest BCUT2D eigenvalue weighted by Gasteiger charge is 2.03. The van der Waals surface area contributed by atoms with E-state index in [1.807, 2.05) is 19.1 Å². The number of hydrogen-bond acceptors (Lipinski definition) is 2. The minimum Gasteiger partial charge on any atom is -0.388 e. The van der Waals surface area contributed by atoms with Crippen molar-refractivity contribution in [2.75, 3.05) is 6.54 Å². The Morgan fingerprint density at radius 2 is 2.46 bits per heavy atom. The number of allylic oxidation sites excluding steroid dienone is 4. The maximum Gasteiger partial charge on any atom is 0.0988 e. The number of hydrogen-bond donors (Lipinski definition) is 1. The Balaban J connectivity index is 2.61. The van der Waals surface area contributed by atoms with Crippen molar-refractivity contribution in [3.8, 4) is 6.07 Å². The standard InChI is InChI=1S/C11H16N2/c1-2-5-10(9-12)8-11-6-3-4-7-13-11/h5,8,13H,2-4,6-7H2,1H3/b10-5+,11-8-. The largest absolute Gasteiger partial charge is 0.388 e. The summed E-state index contributed by atoms with van der Waals surface area (Å²) in [6, 6.07) is 2.19. The molecule has 0 amide bonds. The number of nitrogens with one attached hydrogen (secondary N) is 1. The number of piperidine rings is 1. The minimum absolute atomic E-state index is 0.784. The molecule has 13 heavy (non-hydrogen) atoms. The minimum atomic E-state index is 0.784. The fourth-order valence-electron chi connectivity index (χ4n) is 1.45. The summed E-state index contributed by atoms with van der Waals surface area (Å²) in [5.74, 6) is 0. The van der Waals surface area contributed by atoms with Gasteiger partial charge in [-0.25, -0.2) is 0 Å². The molecule has 1 aliphatic heterocycles. The SMILES string of the molecule is CC/C=C(C#N)\C=C1\CCCCN1. The van der Waals surface area contributed by atoms with Gasteiger partial charge in [-0.2, -0.15) is 5.26 Å². The van der Waals surface area contributed by atoms with Crippen LogP contribution >= 0.6 is 0 Å². The number of nitriles is 1. The first kappa shape index (κ1) is 9.85. The van der Waals surface area contributed by atoms with Crippen LogP contribution in [0.3, 0.4) is 0 Å². The van der Waals surface area contributed by atoms with Gasteiger partial charge in [0.25, 0.3) is 0 Å².